The van der Waals surface area contributed by atoms with Crippen LogP contribution in [0.25, 0.3) is 21.0 Å². The molecule has 2 heterocycles. The smallest absolute Gasteiger partial charge is 0.236 e. The number of thiazole rings is 1. The molecule has 2 atom stereocenters. The lowest BCUT2D eigenvalue weighted by molar-refractivity contribution is -0.129. The fourth-order valence-electron chi connectivity index (χ4n) is 5.07. The highest BCUT2D eigenvalue weighted by Gasteiger charge is 2.28. The molecule has 7 nitrogen and oxygen atoms in total. The molecule has 2 aliphatic rings. The highest BCUT2D eigenvalue weighted by atomic mass is 32.1. The predicted octanol–water partition coefficient (Wildman–Crippen LogP) is 4.27. The lowest BCUT2D eigenvalue weighted by Gasteiger charge is -2.19. The first-order valence-electron chi connectivity index (χ1n) is 12.5. The Morgan fingerprint density at radius 2 is 2.19 bits per heavy atom. The number of carbonyl (C=O) groups is 1. The van der Waals surface area contributed by atoms with Crippen molar-refractivity contribution in [3.8, 4) is 32.8 Å². The molecule has 0 unspecified atom stereocenters. The molecule has 1 amide bonds. The molecule has 1 saturated heterocycles. The second kappa shape index (κ2) is 10.4. The van der Waals surface area contributed by atoms with E-state index in [1.54, 1.807) is 11.3 Å². The molecule has 8 heteroatoms. The lowest BCUT2D eigenvalue weighted by Crippen LogP contribution is -2.39. The summed E-state index contributed by atoms with van der Waals surface area (Å²) in [5.74, 6) is 0.722. The average Bonchev–Trinajstić information content (AvgIpc) is 3.62. The van der Waals surface area contributed by atoms with Crippen LogP contribution in [0.15, 0.2) is 42.6 Å². The van der Waals surface area contributed by atoms with E-state index in [1.165, 1.54) is 16.7 Å². The van der Waals surface area contributed by atoms with Gasteiger partial charge in [-0.2, -0.15) is 5.26 Å². The number of aromatic nitrogens is 1. The summed E-state index contributed by atoms with van der Waals surface area (Å²) in [6, 6.07) is 14.6. The molecule has 36 heavy (non-hydrogen) atoms. The summed E-state index contributed by atoms with van der Waals surface area (Å²) >= 11 is 1.63. The van der Waals surface area contributed by atoms with Crippen LogP contribution in [-0.2, 0) is 11.2 Å². The van der Waals surface area contributed by atoms with E-state index in [2.05, 4.69) is 34.6 Å². The third-order valence-electron chi connectivity index (χ3n) is 6.83. The summed E-state index contributed by atoms with van der Waals surface area (Å²) < 4.78 is 5.76. The van der Waals surface area contributed by atoms with E-state index in [4.69, 9.17) is 10.5 Å². The predicted molar refractivity (Wildman–Crippen MR) is 142 cm³/mol. The molecule has 0 spiro atoms. The Bertz CT molecular complexity index is 1310. The number of hydrogen-bond donors (Lipinski definition) is 2. The van der Waals surface area contributed by atoms with Crippen molar-refractivity contribution in [3.63, 3.8) is 0 Å². The Labute approximate surface area is 215 Å². The van der Waals surface area contributed by atoms with Gasteiger partial charge in [0.2, 0.25) is 5.91 Å². The molecule has 3 N–H and O–H groups in total. The normalized spacial score (nSPS) is 18.9. The van der Waals surface area contributed by atoms with Crippen molar-refractivity contribution >= 4 is 17.2 Å². The maximum atomic E-state index is 12.6. The van der Waals surface area contributed by atoms with Crippen LogP contribution in [0.2, 0.25) is 0 Å². The molecule has 1 aliphatic carbocycles. The first-order chi connectivity index (χ1) is 17.4. The molecule has 1 aliphatic heterocycles. The number of fused-ring (bicyclic) bond motifs is 1. The quantitative estimate of drug-likeness (QED) is 0.501. The number of benzene rings is 2. The van der Waals surface area contributed by atoms with Crippen molar-refractivity contribution in [2.75, 3.05) is 19.6 Å². The van der Waals surface area contributed by atoms with Crippen LogP contribution < -0.4 is 15.8 Å². The van der Waals surface area contributed by atoms with Crippen molar-refractivity contribution in [2.45, 2.75) is 51.3 Å². The molecular weight excluding hydrogens is 470 g/mol. The summed E-state index contributed by atoms with van der Waals surface area (Å²) in [5, 5.41) is 13.9. The summed E-state index contributed by atoms with van der Waals surface area (Å²) in [7, 11) is 0. The van der Waals surface area contributed by atoms with Gasteiger partial charge < -0.3 is 20.7 Å². The second-order valence-electron chi connectivity index (χ2n) is 9.75. The van der Waals surface area contributed by atoms with E-state index in [1.807, 2.05) is 43.1 Å². The fraction of sp³-hybridized carbons (Fsp3) is 0.393. The number of nitrogens with zero attached hydrogens (tertiary/aromatic N) is 3. The summed E-state index contributed by atoms with van der Waals surface area (Å²) in [6.45, 7) is 5.64. The van der Waals surface area contributed by atoms with Gasteiger partial charge in [0.1, 0.15) is 16.8 Å². The van der Waals surface area contributed by atoms with Gasteiger partial charge in [0.05, 0.1) is 23.1 Å². The number of hydrogen-bond acceptors (Lipinski definition) is 7. The van der Waals surface area contributed by atoms with Crippen LogP contribution in [0, 0.1) is 11.3 Å². The zero-order chi connectivity index (χ0) is 25.2. The van der Waals surface area contributed by atoms with E-state index in [0.29, 0.717) is 24.4 Å². The summed E-state index contributed by atoms with van der Waals surface area (Å²) in [5.41, 5.74) is 11.1. The molecule has 1 aromatic heterocycles. The van der Waals surface area contributed by atoms with Crippen molar-refractivity contribution < 1.29 is 9.53 Å². The molecule has 0 bridgehead atoms. The van der Waals surface area contributed by atoms with Gasteiger partial charge >= 0.3 is 0 Å². The number of likely N-dealkylation sites (tertiary alicyclic amines) is 1. The zero-order valence-electron chi connectivity index (χ0n) is 20.7. The van der Waals surface area contributed by atoms with Crippen molar-refractivity contribution in [1.82, 2.24) is 15.2 Å². The van der Waals surface area contributed by atoms with Gasteiger partial charge in [0.15, 0.2) is 0 Å². The highest BCUT2D eigenvalue weighted by Crippen LogP contribution is 2.41. The van der Waals surface area contributed by atoms with Gasteiger partial charge in [-0.25, -0.2) is 4.98 Å². The van der Waals surface area contributed by atoms with E-state index in [9.17, 15) is 10.1 Å². The van der Waals surface area contributed by atoms with E-state index < -0.39 is 0 Å². The largest absolute Gasteiger partial charge is 0.490 e. The SMILES string of the molecule is CC(C)Oc1ccc(-c2ncc(-c3cccc4c3CC[C@@H]4NCC(=O)N3CC[C@H](N)C3)s2)cc1C#N. The lowest BCUT2D eigenvalue weighted by atomic mass is 10.0. The standard InChI is InChI=1S/C28H31N5O2S/c1-17(2)35-25-9-6-18(12-19(25)13-29)28-32-14-26(36-28)23-5-3-4-22-21(23)7-8-24(22)31-15-27(34)33-11-10-20(30)16-33/h3-6,9,12,14,17,20,24,31H,7-8,10-11,15-16,30H2,1-2H3/t20-,24-/m0/s1. The molecule has 2 aromatic carbocycles. The third kappa shape index (κ3) is 5.00. The Morgan fingerprint density at radius 3 is 2.94 bits per heavy atom. The summed E-state index contributed by atoms with van der Waals surface area (Å²) in [4.78, 5) is 20.2. The Morgan fingerprint density at radius 1 is 1.33 bits per heavy atom. The van der Waals surface area contributed by atoms with Crippen LogP contribution in [0.3, 0.4) is 0 Å². The van der Waals surface area contributed by atoms with Crippen LogP contribution in [-0.4, -0.2) is 47.6 Å². The van der Waals surface area contributed by atoms with Gasteiger partial charge in [0, 0.05) is 36.9 Å². The first-order valence-corrected chi connectivity index (χ1v) is 13.3. The summed E-state index contributed by atoms with van der Waals surface area (Å²) in [6.07, 6.45) is 4.73. The molecule has 186 valence electrons. The number of carbonyl (C=O) groups excluding carboxylic acids is 1. The van der Waals surface area contributed by atoms with Gasteiger partial charge in [0.25, 0.3) is 0 Å². The maximum Gasteiger partial charge on any atom is 0.236 e. The molecule has 1 fully saturated rings. The van der Waals surface area contributed by atoms with Crippen molar-refractivity contribution in [1.29, 1.82) is 5.26 Å². The van der Waals surface area contributed by atoms with Crippen LogP contribution in [0.5, 0.6) is 5.75 Å². The van der Waals surface area contributed by atoms with E-state index in [0.717, 1.165) is 41.3 Å². The Hall–Kier alpha value is -3.25. The van der Waals surface area contributed by atoms with Gasteiger partial charge in [-0.1, -0.05) is 18.2 Å². The number of nitrogens with one attached hydrogen (secondary N) is 1. The highest BCUT2D eigenvalue weighted by molar-refractivity contribution is 7.18. The topological polar surface area (TPSA) is 104 Å². The number of nitriles is 1. The Balaban J connectivity index is 1.32. The Kier molecular flexibility index (Phi) is 7.06. The minimum Gasteiger partial charge on any atom is -0.490 e. The monoisotopic (exact) mass is 501 g/mol. The molecule has 5 rings (SSSR count). The molecule has 0 radical (unpaired) electrons. The molecule has 3 aromatic rings. The molecular formula is C28H31N5O2S. The second-order valence-corrected chi connectivity index (χ2v) is 10.8. The van der Waals surface area contributed by atoms with Gasteiger partial charge in [-0.3, -0.25) is 4.79 Å². The minimum atomic E-state index is 0.00421. The van der Waals surface area contributed by atoms with E-state index in [-0.39, 0.29) is 24.1 Å². The first kappa shape index (κ1) is 24.4. The zero-order valence-corrected chi connectivity index (χ0v) is 21.5. The number of rotatable bonds is 7. The molecule has 0 saturated carbocycles. The van der Waals surface area contributed by atoms with Crippen LogP contribution >= 0.6 is 11.3 Å². The van der Waals surface area contributed by atoms with Gasteiger partial charge in [-0.05, 0) is 68.0 Å². The third-order valence-corrected chi connectivity index (χ3v) is 7.91. The fourth-order valence-corrected chi connectivity index (χ4v) is 6.04. The van der Waals surface area contributed by atoms with Crippen molar-refractivity contribution in [2.24, 2.45) is 5.73 Å². The van der Waals surface area contributed by atoms with E-state index >= 15 is 0 Å². The average molecular weight is 502 g/mol. The van der Waals surface area contributed by atoms with Gasteiger partial charge in [-0.15, -0.1) is 11.3 Å². The number of amides is 1. The number of ether oxygens (including phenoxy) is 1. The number of nitrogens with two attached hydrogens (primary N) is 1. The van der Waals surface area contributed by atoms with Crippen LogP contribution in [0.4, 0.5) is 0 Å². The van der Waals surface area contributed by atoms with Crippen LogP contribution in [0.1, 0.15) is 49.4 Å². The minimum absolute atomic E-state index is 0.00421. The maximum absolute atomic E-state index is 12.6. The van der Waals surface area contributed by atoms with Crippen molar-refractivity contribution in [3.05, 3.63) is 59.3 Å².